The predicted molar refractivity (Wildman–Crippen MR) is 57.3 cm³/mol. The molecule has 2 amide bonds. The highest BCUT2D eigenvalue weighted by molar-refractivity contribution is 5.88. The van der Waals surface area contributed by atoms with Crippen LogP contribution in [0.3, 0.4) is 0 Å². The third-order valence-corrected chi connectivity index (χ3v) is 3.66. The SMILES string of the molecule is NC(=O)C1CC(=O)N(C2CCCCC2O)C1. The molecular weight excluding hydrogens is 208 g/mol. The Labute approximate surface area is 94.6 Å². The third-order valence-electron chi connectivity index (χ3n) is 3.66. The number of carbonyl (C=O) groups excluding carboxylic acids is 2. The van der Waals surface area contributed by atoms with Gasteiger partial charge in [-0.1, -0.05) is 12.8 Å². The summed E-state index contributed by atoms with van der Waals surface area (Å²) < 4.78 is 0. The standard InChI is InChI=1S/C11H18N2O3/c12-11(16)7-5-10(15)13(6-7)8-3-1-2-4-9(8)14/h7-9,14H,1-6H2,(H2,12,16). The molecule has 2 rings (SSSR count). The maximum atomic E-state index is 11.7. The lowest BCUT2D eigenvalue weighted by Gasteiger charge is -2.35. The molecule has 16 heavy (non-hydrogen) atoms. The number of aliphatic hydroxyl groups is 1. The van der Waals surface area contributed by atoms with Crippen molar-refractivity contribution in [1.29, 1.82) is 0 Å². The van der Waals surface area contributed by atoms with Crippen LogP contribution in [0.4, 0.5) is 0 Å². The van der Waals surface area contributed by atoms with Gasteiger partial charge in [0.15, 0.2) is 0 Å². The minimum absolute atomic E-state index is 0.0465. The minimum atomic E-state index is -0.440. The largest absolute Gasteiger partial charge is 0.391 e. The molecule has 1 saturated heterocycles. The molecule has 2 aliphatic rings. The molecule has 90 valence electrons. The highest BCUT2D eigenvalue weighted by Gasteiger charge is 2.40. The summed E-state index contributed by atoms with van der Waals surface area (Å²) >= 11 is 0. The minimum Gasteiger partial charge on any atom is -0.391 e. The summed E-state index contributed by atoms with van der Waals surface area (Å²) in [5.41, 5.74) is 5.21. The van der Waals surface area contributed by atoms with Crippen LogP contribution < -0.4 is 5.73 Å². The van der Waals surface area contributed by atoms with Crippen molar-refractivity contribution in [2.45, 2.75) is 44.2 Å². The smallest absolute Gasteiger partial charge is 0.223 e. The van der Waals surface area contributed by atoms with Crippen molar-refractivity contribution in [3.8, 4) is 0 Å². The maximum absolute atomic E-state index is 11.7. The normalized spacial score (nSPS) is 35.4. The van der Waals surface area contributed by atoms with E-state index in [1.165, 1.54) is 0 Å². The van der Waals surface area contributed by atoms with Gasteiger partial charge in [-0.05, 0) is 12.8 Å². The lowest BCUT2D eigenvalue weighted by Crippen LogP contribution is -2.46. The van der Waals surface area contributed by atoms with Gasteiger partial charge in [-0.15, -0.1) is 0 Å². The third kappa shape index (κ3) is 2.04. The molecule has 3 atom stereocenters. The Balaban J connectivity index is 2.04. The number of rotatable bonds is 2. The zero-order valence-electron chi connectivity index (χ0n) is 9.26. The lowest BCUT2D eigenvalue weighted by atomic mass is 9.91. The number of primary amides is 1. The first kappa shape index (κ1) is 11.4. The summed E-state index contributed by atoms with van der Waals surface area (Å²) in [5.74, 6) is -0.836. The van der Waals surface area contributed by atoms with E-state index in [0.717, 1.165) is 25.7 Å². The van der Waals surface area contributed by atoms with Crippen molar-refractivity contribution in [2.24, 2.45) is 11.7 Å². The van der Waals surface area contributed by atoms with E-state index in [0.29, 0.717) is 6.54 Å². The first-order valence-electron chi connectivity index (χ1n) is 5.86. The molecule has 1 aliphatic heterocycles. The molecule has 5 nitrogen and oxygen atoms in total. The summed E-state index contributed by atoms with van der Waals surface area (Å²) in [5, 5.41) is 9.86. The van der Waals surface area contributed by atoms with Crippen LogP contribution in [0, 0.1) is 5.92 Å². The van der Waals surface area contributed by atoms with Crippen molar-refractivity contribution >= 4 is 11.8 Å². The Hall–Kier alpha value is -1.10. The van der Waals surface area contributed by atoms with Crippen LogP contribution in [0.15, 0.2) is 0 Å². The van der Waals surface area contributed by atoms with E-state index in [-0.39, 0.29) is 24.3 Å². The molecule has 3 N–H and O–H groups in total. The quantitative estimate of drug-likeness (QED) is 0.673. The second-order valence-corrected chi connectivity index (χ2v) is 4.77. The number of aliphatic hydroxyl groups excluding tert-OH is 1. The van der Waals surface area contributed by atoms with Gasteiger partial charge in [-0.2, -0.15) is 0 Å². The molecule has 1 heterocycles. The average molecular weight is 226 g/mol. The molecule has 2 fully saturated rings. The predicted octanol–water partition coefficient (Wildman–Crippen LogP) is -0.376. The number of amides is 2. The fourth-order valence-electron chi connectivity index (χ4n) is 2.70. The second-order valence-electron chi connectivity index (χ2n) is 4.77. The van der Waals surface area contributed by atoms with E-state index in [9.17, 15) is 14.7 Å². The Kier molecular flexibility index (Phi) is 3.14. The number of hydrogen-bond donors (Lipinski definition) is 2. The molecule has 0 radical (unpaired) electrons. The lowest BCUT2D eigenvalue weighted by molar-refractivity contribution is -0.133. The monoisotopic (exact) mass is 226 g/mol. The molecule has 0 aromatic carbocycles. The summed E-state index contributed by atoms with van der Waals surface area (Å²) in [6.45, 7) is 0.385. The maximum Gasteiger partial charge on any atom is 0.223 e. The van der Waals surface area contributed by atoms with Gasteiger partial charge < -0.3 is 15.7 Å². The molecule has 3 unspecified atom stereocenters. The van der Waals surface area contributed by atoms with Crippen molar-refractivity contribution in [2.75, 3.05) is 6.54 Å². The number of nitrogens with two attached hydrogens (primary N) is 1. The van der Waals surface area contributed by atoms with Crippen LogP contribution in [0.1, 0.15) is 32.1 Å². The fourth-order valence-corrected chi connectivity index (χ4v) is 2.70. The molecule has 5 heteroatoms. The Morgan fingerprint density at radius 3 is 2.62 bits per heavy atom. The van der Waals surface area contributed by atoms with E-state index in [2.05, 4.69) is 0 Å². The van der Waals surface area contributed by atoms with Gasteiger partial charge in [0.1, 0.15) is 0 Å². The highest BCUT2D eigenvalue weighted by Crippen LogP contribution is 2.28. The van der Waals surface area contributed by atoms with Gasteiger partial charge in [-0.25, -0.2) is 0 Å². The van der Waals surface area contributed by atoms with Crippen molar-refractivity contribution in [3.05, 3.63) is 0 Å². The molecule has 0 aromatic rings. The molecule has 1 aliphatic carbocycles. The van der Waals surface area contributed by atoms with Crippen LogP contribution in [0.2, 0.25) is 0 Å². The number of likely N-dealkylation sites (tertiary alicyclic amines) is 1. The fraction of sp³-hybridized carbons (Fsp3) is 0.818. The highest BCUT2D eigenvalue weighted by atomic mass is 16.3. The van der Waals surface area contributed by atoms with E-state index < -0.39 is 12.0 Å². The van der Waals surface area contributed by atoms with E-state index in [4.69, 9.17) is 5.73 Å². The van der Waals surface area contributed by atoms with Crippen molar-refractivity contribution in [1.82, 2.24) is 4.90 Å². The number of nitrogens with zero attached hydrogens (tertiary/aromatic N) is 1. The summed E-state index contributed by atoms with van der Waals surface area (Å²) in [6, 6.07) is -0.106. The zero-order valence-corrected chi connectivity index (χ0v) is 9.26. The molecule has 0 spiro atoms. The van der Waals surface area contributed by atoms with Crippen LogP contribution >= 0.6 is 0 Å². The summed E-state index contributed by atoms with van der Waals surface area (Å²) in [7, 11) is 0. The Morgan fingerprint density at radius 1 is 1.38 bits per heavy atom. The first-order chi connectivity index (χ1) is 7.59. The molecular formula is C11H18N2O3. The summed E-state index contributed by atoms with van der Waals surface area (Å²) in [6.07, 6.45) is 3.39. The van der Waals surface area contributed by atoms with Crippen molar-refractivity contribution in [3.63, 3.8) is 0 Å². The van der Waals surface area contributed by atoms with E-state index in [1.54, 1.807) is 4.90 Å². The van der Waals surface area contributed by atoms with Crippen LogP contribution in [0.5, 0.6) is 0 Å². The first-order valence-corrected chi connectivity index (χ1v) is 5.86. The van der Waals surface area contributed by atoms with Gasteiger partial charge in [0.05, 0.1) is 18.1 Å². The zero-order chi connectivity index (χ0) is 11.7. The van der Waals surface area contributed by atoms with Crippen LogP contribution in [0.25, 0.3) is 0 Å². The topological polar surface area (TPSA) is 83.6 Å². The van der Waals surface area contributed by atoms with Gasteiger partial charge in [0, 0.05) is 13.0 Å². The molecule has 1 saturated carbocycles. The Morgan fingerprint density at radius 2 is 2.06 bits per heavy atom. The molecule has 0 aromatic heterocycles. The van der Waals surface area contributed by atoms with E-state index in [1.807, 2.05) is 0 Å². The molecule has 0 bridgehead atoms. The van der Waals surface area contributed by atoms with E-state index >= 15 is 0 Å². The van der Waals surface area contributed by atoms with Crippen molar-refractivity contribution < 1.29 is 14.7 Å². The second kappa shape index (κ2) is 4.41. The van der Waals surface area contributed by atoms with Gasteiger partial charge in [0.2, 0.25) is 11.8 Å². The summed E-state index contributed by atoms with van der Waals surface area (Å²) in [4.78, 5) is 24.4. The number of carbonyl (C=O) groups is 2. The van der Waals surface area contributed by atoms with Gasteiger partial charge in [0.25, 0.3) is 0 Å². The number of hydrogen-bond acceptors (Lipinski definition) is 3. The van der Waals surface area contributed by atoms with Crippen LogP contribution in [-0.4, -0.2) is 40.5 Å². The van der Waals surface area contributed by atoms with Crippen LogP contribution in [-0.2, 0) is 9.59 Å². The average Bonchev–Trinajstić information content (AvgIpc) is 2.61. The van der Waals surface area contributed by atoms with Gasteiger partial charge >= 0.3 is 0 Å². The van der Waals surface area contributed by atoms with Gasteiger partial charge in [-0.3, -0.25) is 9.59 Å². The Bertz CT molecular complexity index is 306.